The van der Waals surface area contributed by atoms with Crippen LogP contribution < -0.4 is 15.4 Å². The van der Waals surface area contributed by atoms with Gasteiger partial charge in [0.2, 0.25) is 0 Å². The van der Waals surface area contributed by atoms with Gasteiger partial charge in [0, 0.05) is 18.2 Å². The lowest BCUT2D eigenvalue weighted by Gasteiger charge is -2.29. The van der Waals surface area contributed by atoms with Crippen molar-refractivity contribution in [1.82, 2.24) is 10.6 Å². The summed E-state index contributed by atoms with van der Waals surface area (Å²) in [6, 6.07) is 16.9. The molecule has 0 aromatic heterocycles. The summed E-state index contributed by atoms with van der Waals surface area (Å²) in [7, 11) is 0. The first-order chi connectivity index (χ1) is 13.6. The summed E-state index contributed by atoms with van der Waals surface area (Å²) in [6.45, 7) is 2.60. The number of carbonyl (C=O) groups excluding carboxylic acids is 2. The summed E-state index contributed by atoms with van der Waals surface area (Å²) in [5, 5.41) is 5.96. The van der Waals surface area contributed by atoms with Gasteiger partial charge in [-0.2, -0.15) is 0 Å². The minimum atomic E-state index is -0.171. The van der Waals surface area contributed by atoms with Crippen molar-refractivity contribution in [2.45, 2.75) is 45.2 Å². The minimum Gasteiger partial charge on any atom is -0.484 e. The van der Waals surface area contributed by atoms with E-state index < -0.39 is 0 Å². The second-order valence-electron chi connectivity index (χ2n) is 7.42. The number of hydrogen-bond donors (Lipinski definition) is 2. The van der Waals surface area contributed by atoms with E-state index >= 15 is 0 Å². The van der Waals surface area contributed by atoms with E-state index in [1.807, 2.05) is 30.3 Å². The van der Waals surface area contributed by atoms with E-state index in [2.05, 4.69) is 17.6 Å². The largest absolute Gasteiger partial charge is 0.484 e. The van der Waals surface area contributed by atoms with Crippen molar-refractivity contribution in [3.8, 4) is 5.75 Å². The molecule has 5 heteroatoms. The maximum absolute atomic E-state index is 12.4. The third-order valence-corrected chi connectivity index (χ3v) is 5.22. The van der Waals surface area contributed by atoms with Crippen LogP contribution in [0.15, 0.2) is 54.6 Å². The summed E-state index contributed by atoms with van der Waals surface area (Å²) < 4.78 is 5.61. The van der Waals surface area contributed by atoms with Gasteiger partial charge in [-0.25, -0.2) is 0 Å². The molecule has 0 unspecified atom stereocenters. The van der Waals surface area contributed by atoms with Gasteiger partial charge < -0.3 is 15.4 Å². The van der Waals surface area contributed by atoms with Gasteiger partial charge in [-0.05, 0) is 42.5 Å². The van der Waals surface area contributed by atoms with Crippen LogP contribution in [0.2, 0.25) is 0 Å². The van der Waals surface area contributed by atoms with Crippen molar-refractivity contribution < 1.29 is 14.3 Å². The minimum absolute atomic E-state index is 0.0433. The lowest BCUT2D eigenvalue weighted by molar-refractivity contribution is -0.124. The van der Waals surface area contributed by atoms with E-state index in [0.717, 1.165) is 24.8 Å². The van der Waals surface area contributed by atoms with E-state index in [9.17, 15) is 9.59 Å². The summed E-state index contributed by atoms with van der Waals surface area (Å²) >= 11 is 0. The van der Waals surface area contributed by atoms with Gasteiger partial charge >= 0.3 is 0 Å². The molecule has 0 aliphatic heterocycles. The molecule has 3 rings (SSSR count). The van der Waals surface area contributed by atoms with Crippen LogP contribution in [0, 0.1) is 5.92 Å². The fourth-order valence-corrected chi connectivity index (χ4v) is 3.54. The Balaban J connectivity index is 1.48. The molecule has 0 heterocycles. The van der Waals surface area contributed by atoms with Crippen LogP contribution in [-0.4, -0.2) is 24.5 Å². The zero-order valence-corrected chi connectivity index (χ0v) is 16.3. The Kier molecular flexibility index (Phi) is 7.06. The van der Waals surface area contributed by atoms with Gasteiger partial charge in [0.05, 0.1) is 0 Å². The number of amides is 2. The van der Waals surface area contributed by atoms with Crippen LogP contribution in [0.25, 0.3) is 0 Å². The molecule has 2 N–H and O–H groups in total. The van der Waals surface area contributed by atoms with Crippen LogP contribution in [0.5, 0.6) is 5.75 Å². The Morgan fingerprint density at radius 2 is 1.82 bits per heavy atom. The van der Waals surface area contributed by atoms with Gasteiger partial charge in [-0.15, -0.1) is 0 Å². The first kappa shape index (κ1) is 19.9. The number of ether oxygens (including phenoxy) is 1. The third kappa shape index (κ3) is 5.84. The van der Waals surface area contributed by atoms with Crippen LogP contribution in [0.1, 0.15) is 48.5 Å². The summed E-state index contributed by atoms with van der Waals surface area (Å²) in [5.74, 6) is 0.737. The van der Waals surface area contributed by atoms with Crippen molar-refractivity contribution in [2.24, 2.45) is 5.92 Å². The zero-order valence-electron chi connectivity index (χ0n) is 16.3. The fourth-order valence-electron chi connectivity index (χ4n) is 3.54. The lowest BCUT2D eigenvalue weighted by atomic mass is 9.86. The smallest absolute Gasteiger partial charge is 0.258 e. The summed E-state index contributed by atoms with van der Waals surface area (Å²) in [4.78, 5) is 24.6. The lowest BCUT2D eigenvalue weighted by Crippen LogP contribution is -2.43. The van der Waals surface area contributed by atoms with E-state index in [-0.39, 0.29) is 24.5 Å². The van der Waals surface area contributed by atoms with E-state index in [0.29, 0.717) is 23.8 Å². The van der Waals surface area contributed by atoms with E-state index in [1.165, 1.54) is 6.42 Å². The molecular weight excluding hydrogens is 352 g/mol. The molecule has 1 saturated carbocycles. The molecule has 5 nitrogen and oxygen atoms in total. The maximum atomic E-state index is 12.4. The van der Waals surface area contributed by atoms with Crippen molar-refractivity contribution >= 4 is 11.8 Å². The van der Waals surface area contributed by atoms with Crippen molar-refractivity contribution in [2.75, 3.05) is 6.61 Å². The Bertz CT molecular complexity index is 791. The molecule has 0 bridgehead atoms. The van der Waals surface area contributed by atoms with Gasteiger partial charge in [0.1, 0.15) is 5.75 Å². The van der Waals surface area contributed by atoms with Crippen molar-refractivity contribution in [3.05, 3.63) is 65.7 Å². The highest BCUT2D eigenvalue weighted by molar-refractivity contribution is 5.94. The van der Waals surface area contributed by atoms with Gasteiger partial charge in [-0.3, -0.25) is 9.59 Å². The number of benzene rings is 2. The summed E-state index contributed by atoms with van der Waals surface area (Å²) in [5.41, 5.74) is 1.55. The summed E-state index contributed by atoms with van der Waals surface area (Å²) in [6.07, 6.45) is 4.59. The Hall–Kier alpha value is -2.82. The SMILES string of the molecule is C[C@@H]1CCCC[C@H]1NC(=O)COc1cccc(C(=O)NCc2ccccc2)c1. The van der Waals surface area contributed by atoms with E-state index in [4.69, 9.17) is 4.74 Å². The Labute approximate surface area is 166 Å². The number of hydrogen-bond acceptors (Lipinski definition) is 3. The predicted molar refractivity (Wildman–Crippen MR) is 109 cm³/mol. The maximum Gasteiger partial charge on any atom is 0.258 e. The van der Waals surface area contributed by atoms with Crippen LogP contribution in [0.3, 0.4) is 0 Å². The van der Waals surface area contributed by atoms with E-state index in [1.54, 1.807) is 24.3 Å². The molecule has 1 aliphatic rings. The molecule has 148 valence electrons. The molecule has 2 aromatic carbocycles. The first-order valence-corrected chi connectivity index (χ1v) is 9.96. The highest BCUT2D eigenvalue weighted by Gasteiger charge is 2.22. The molecule has 2 aromatic rings. The predicted octanol–water partition coefficient (Wildman–Crippen LogP) is 3.69. The molecule has 28 heavy (non-hydrogen) atoms. The van der Waals surface area contributed by atoms with Crippen molar-refractivity contribution in [3.63, 3.8) is 0 Å². The molecule has 2 atom stereocenters. The number of carbonyl (C=O) groups is 2. The molecular formula is C23H28N2O3. The van der Waals surface area contributed by atoms with Crippen LogP contribution >= 0.6 is 0 Å². The molecule has 2 amide bonds. The second kappa shape index (κ2) is 9.93. The monoisotopic (exact) mass is 380 g/mol. The Morgan fingerprint density at radius 3 is 2.61 bits per heavy atom. The third-order valence-electron chi connectivity index (χ3n) is 5.22. The average Bonchev–Trinajstić information content (AvgIpc) is 2.73. The quantitative estimate of drug-likeness (QED) is 0.770. The first-order valence-electron chi connectivity index (χ1n) is 9.96. The highest BCUT2D eigenvalue weighted by atomic mass is 16.5. The second-order valence-corrected chi connectivity index (χ2v) is 7.42. The van der Waals surface area contributed by atoms with Gasteiger partial charge in [0.25, 0.3) is 11.8 Å². The Morgan fingerprint density at radius 1 is 1.04 bits per heavy atom. The molecule has 1 fully saturated rings. The highest BCUT2D eigenvalue weighted by Crippen LogP contribution is 2.23. The standard InChI is InChI=1S/C23H28N2O3/c1-17-8-5-6-13-21(17)25-22(26)16-28-20-12-7-11-19(14-20)23(27)24-15-18-9-3-2-4-10-18/h2-4,7,9-12,14,17,21H,5-6,8,13,15-16H2,1H3,(H,24,27)(H,25,26)/t17-,21-/m1/s1. The molecule has 0 saturated heterocycles. The number of nitrogens with one attached hydrogen (secondary N) is 2. The van der Waals surface area contributed by atoms with Crippen LogP contribution in [0.4, 0.5) is 0 Å². The normalized spacial score (nSPS) is 18.9. The molecule has 1 aliphatic carbocycles. The van der Waals surface area contributed by atoms with Gasteiger partial charge in [0.15, 0.2) is 6.61 Å². The fraction of sp³-hybridized carbons (Fsp3) is 0.391. The topological polar surface area (TPSA) is 67.4 Å². The van der Waals surface area contributed by atoms with Crippen molar-refractivity contribution in [1.29, 1.82) is 0 Å². The van der Waals surface area contributed by atoms with Gasteiger partial charge in [-0.1, -0.05) is 56.2 Å². The van der Waals surface area contributed by atoms with Crippen LogP contribution in [-0.2, 0) is 11.3 Å². The average molecular weight is 380 g/mol. The molecule has 0 radical (unpaired) electrons. The molecule has 0 spiro atoms. The zero-order chi connectivity index (χ0) is 19.8. The number of rotatable bonds is 7.